The highest BCUT2D eigenvalue weighted by molar-refractivity contribution is 6.73. The molecule has 1 aliphatic heterocycles. The molecule has 3 heteroatoms. The van der Waals surface area contributed by atoms with Gasteiger partial charge in [0.2, 0.25) is 0 Å². The molecule has 1 fully saturated rings. The minimum atomic E-state index is -2.27. The average molecular weight is 273 g/mol. The molecule has 1 saturated heterocycles. The van der Waals surface area contributed by atoms with Crippen LogP contribution in [0.1, 0.15) is 68.7 Å². The van der Waals surface area contributed by atoms with E-state index in [0.29, 0.717) is 18.1 Å². The van der Waals surface area contributed by atoms with Crippen molar-refractivity contribution < 1.29 is 8.85 Å². The Balaban J connectivity index is 3.19. The van der Waals surface area contributed by atoms with Crippen LogP contribution in [0.15, 0.2) is 0 Å². The first-order valence-corrected chi connectivity index (χ1v) is 9.08. The first kappa shape index (κ1) is 16.2. The van der Waals surface area contributed by atoms with Gasteiger partial charge in [-0.2, -0.15) is 0 Å². The van der Waals surface area contributed by atoms with E-state index in [1.54, 1.807) is 0 Å². The lowest BCUT2D eigenvalue weighted by atomic mass is 10.0. The highest BCUT2D eigenvalue weighted by Crippen LogP contribution is 2.55. The average Bonchev–Trinajstić information content (AvgIpc) is 2.12. The Morgan fingerprint density at radius 3 is 1.72 bits per heavy atom. The predicted octanol–water partition coefficient (Wildman–Crippen LogP) is 4.88. The van der Waals surface area contributed by atoms with E-state index in [0.717, 1.165) is 6.42 Å². The first-order valence-electron chi connectivity index (χ1n) is 7.26. The van der Waals surface area contributed by atoms with Gasteiger partial charge in [-0.25, -0.2) is 0 Å². The van der Waals surface area contributed by atoms with E-state index < -0.39 is 8.56 Å². The SMILES string of the molecule is CC(C)[C@@H]1C[C@@H](C)O[Si](C(C)(C)C)(C(C)(C)C)O1. The molecule has 0 N–H and O–H groups in total. The lowest BCUT2D eigenvalue weighted by molar-refractivity contribution is -0.0349. The molecular weight excluding hydrogens is 240 g/mol. The first-order chi connectivity index (χ1) is 7.91. The maximum Gasteiger partial charge on any atom is 0.349 e. The van der Waals surface area contributed by atoms with Crippen LogP contribution >= 0.6 is 0 Å². The Morgan fingerprint density at radius 2 is 1.39 bits per heavy atom. The molecule has 1 aliphatic rings. The van der Waals surface area contributed by atoms with Crippen molar-refractivity contribution in [2.75, 3.05) is 0 Å². The normalized spacial score (nSPS) is 29.7. The Hall–Kier alpha value is 0.137. The fourth-order valence-corrected chi connectivity index (χ4v) is 8.37. The molecule has 0 bridgehead atoms. The number of hydrogen-bond acceptors (Lipinski definition) is 2. The van der Waals surface area contributed by atoms with Crippen molar-refractivity contribution in [3.05, 3.63) is 0 Å². The zero-order valence-corrected chi connectivity index (χ0v) is 14.8. The van der Waals surface area contributed by atoms with E-state index in [1.807, 2.05) is 0 Å². The summed E-state index contributed by atoms with van der Waals surface area (Å²) in [6.45, 7) is 20.4. The van der Waals surface area contributed by atoms with E-state index in [-0.39, 0.29) is 10.1 Å². The van der Waals surface area contributed by atoms with Crippen LogP contribution in [0.5, 0.6) is 0 Å². The fourth-order valence-electron chi connectivity index (χ4n) is 3.19. The second-order valence-electron chi connectivity index (χ2n) is 8.18. The van der Waals surface area contributed by atoms with Crippen LogP contribution < -0.4 is 0 Å². The molecule has 0 aliphatic carbocycles. The summed E-state index contributed by atoms with van der Waals surface area (Å²) >= 11 is 0. The molecule has 0 amide bonds. The Labute approximate surface area is 115 Å². The van der Waals surface area contributed by atoms with Crippen LogP contribution in [0, 0.1) is 5.92 Å². The fraction of sp³-hybridized carbons (Fsp3) is 1.00. The molecule has 18 heavy (non-hydrogen) atoms. The van der Waals surface area contributed by atoms with Crippen LogP contribution in [0.2, 0.25) is 10.1 Å². The van der Waals surface area contributed by atoms with E-state index in [1.165, 1.54) is 0 Å². The second-order valence-corrected chi connectivity index (χ2v) is 12.9. The van der Waals surface area contributed by atoms with Gasteiger partial charge >= 0.3 is 8.56 Å². The standard InChI is InChI=1S/C15H32O2Si/c1-11(2)13-10-12(3)16-18(17-13,14(4,5)6)15(7,8)9/h11-13H,10H2,1-9H3/t12-,13+/m1/s1. The van der Waals surface area contributed by atoms with E-state index in [9.17, 15) is 0 Å². The molecule has 108 valence electrons. The predicted molar refractivity (Wildman–Crippen MR) is 80.1 cm³/mol. The lowest BCUT2D eigenvalue weighted by Gasteiger charge is -2.55. The largest absolute Gasteiger partial charge is 0.391 e. The minimum absolute atomic E-state index is 0.0903. The van der Waals surface area contributed by atoms with Gasteiger partial charge < -0.3 is 8.85 Å². The van der Waals surface area contributed by atoms with Gasteiger partial charge in [0.05, 0.1) is 6.10 Å². The van der Waals surface area contributed by atoms with Gasteiger partial charge in [-0.15, -0.1) is 0 Å². The maximum absolute atomic E-state index is 6.65. The maximum atomic E-state index is 6.65. The van der Waals surface area contributed by atoms with Crippen LogP contribution in [0.25, 0.3) is 0 Å². The molecular formula is C15H32O2Si. The number of rotatable bonds is 1. The molecule has 0 aromatic carbocycles. The molecule has 0 unspecified atom stereocenters. The van der Waals surface area contributed by atoms with Gasteiger partial charge in [0.15, 0.2) is 0 Å². The summed E-state index contributed by atoms with van der Waals surface area (Å²) in [6.07, 6.45) is 1.69. The summed E-state index contributed by atoms with van der Waals surface area (Å²) in [4.78, 5) is 0. The van der Waals surface area contributed by atoms with E-state index >= 15 is 0 Å². The van der Waals surface area contributed by atoms with Crippen LogP contribution in [-0.4, -0.2) is 20.8 Å². The lowest BCUT2D eigenvalue weighted by Crippen LogP contribution is -2.63. The van der Waals surface area contributed by atoms with Crippen molar-refractivity contribution in [1.29, 1.82) is 0 Å². The molecule has 2 nitrogen and oxygen atoms in total. The van der Waals surface area contributed by atoms with Crippen molar-refractivity contribution >= 4 is 8.56 Å². The molecule has 2 atom stereocenters. The van der Waals surface area contributed by atoms with Crippen molar-refractivity contribution in [1.82, 2.24) is 0 Å². The Bertz CT molecular complexity index is 272. The highest BCUT2D eigenvalue weighted by atomic mass is 28.4. The quantitative estimate of drug-likeness (QED) is 0.633. The van der Waals surface area contributed by atoms with E-state index in [2.05, 4.69) is 62.3 Å². The summed E-state index contributed by atoms with van der Waals surface area (Å²) in [5, 5.41) is 0.181. The summed E-state index contributed by atoms with van der Waals surface area (Å²) in [6, 6.07) is 0. The van der Waals surface area contributed by atoms with Crippen molar-refractivity contribution in [3.63, 3.8) is 0 Å². The van der Waals surface area contributed by atoms with Crippen LogP contribution in [-0.2, 0) is 8.85 Å². The van der Waals surface area contributed by atoms with Crippen molar-refractivity contribution in [3.8, 4) is 0 Å². The van der Waals surface area contributed by atoms with Crippen molar-refractivity contribution in [2.24, 2.45) is 5.92 Å². The second kappa shape index (κ2) is 4.91. The van der Waals surface area contributed by atoms with Gasteiger partial charge in [-0.05, 0) is 19.3 Å². The smallest absolute Gasteiger partial charge is 0.349 e. The monoisotopic (exact) mass is 272 g/mol. The molecule has 1 rings (SSSR count). The molecule has 0 aromatic heterocycles. The molecule has 0 radical (unpaired) electrons. The highest BCUT2D eigenvalue weighted by Gasteiger charge is 2.61. The minimum Gasteiger partial charge on any atom is -0.391 e. The third-order valence-electron chi connectivity index (χ3n) is 3.97. The zero-order valence-electron chi connectivity index (χ0n) is 13.8. The van der Waals surface area contributed by atoms with Crippen LogP contribution in [0.4, 0.5) is 0 Å². The number of hydrogen-bond donors (Lipinski definition) is 0. The van der Waals surface area contributed by atoms with Crippen molar-refractivity contribution in [2.45, 2.75) is 91.0 Å². The third kappa shape index (κ3) is 2.83. The summed E-state index contributed by atoms with van der Waals surface area (Å²) in [7, 11) is -2.27. The molecule has 1 heterocycles. The summed E-state index contributed by atoms with van der Waals surface area (Å²) in [5.41, 5.74) is 0. The molecule has 0 spiro atoms. The third-order valence-corrected chi connectivity index (χ3v) is 9.29. The van der Waals surface area contributed by atoms with Gasteiger partial charge in [0.25, 0.3) is 0 Å². The summed E-state index contributed by atoms with van der Waals surface area (Å²) in [5.74, 6) is 0.563. The van der Waals surface area contributed by atoms with Gasteiger partial charge in [0.1, 0.15) is 0 Å². The van der Waals surface area contributed by atoms with Gasteiger partial charge in [-0.1, -0.05) is 55.4 Å². The molecule has 0 saturated carbocycles. The van der Waals surface area contributed by atoms with Crippen LogP contribution in [0.3, 0.4) is 0 Å². The summed E-state index contributed by atoms with van der Waals surface area (Å²) < 4.78 is 13.2. The topological polar surface area (TPSA) is 18.5 Å². The van der Waals surface area contributed by atoms with E-state index in [4.69, 9.17) is 8.85 Å². The Morgan fingerprint density at radius 1 is 0.944 bits per heavy atom. The van der Waals surface area contributed by atoms with Gasteiger partial charge in [0, 0.05) is 16.2 Å². The Kier molecular flexibility index (Phi) is 4.42. The molecule has 0 aromatic rings. The van der Waals surface area contributed by atoms with Gasteiger partial charge in [-0.3, -0.25) is 0 Å². The zero-order chi connectivity index (χ0) is 14.4.